The second-order valence-corrected chi connectivity index (χ2v) is 7.14. The molecule has 0 aliphatic rings. The van der Waals surface area contributed by atoms with Gasteiger partial charge in [0.15, 0.2) is 6.61 Å². The molecule has 0 aromatic carbocycles. The Morgan fingerprint density at radius 1 is 0.595 bits per heavy atom. The van der Waals surface area contributed by atoms with Gasteiger partial charge in [0.1, 0.15) is 6.61 Å². The molecule has 0 heterocycles. The van der Waals surface area contributed by atoms with Gasteiger partial charge in [0.25, 0.3) is 0 Å². The summed E-state index contributed by atoms with van der Waals surface area (Å²) in [4.78, 5) is 11.1. The van der Waals surface area contributed by atoms with Crippen LogP contribution < -0.4 is 0 Å². The fourth-order valence-corrected chi connectivity index (χ4v) is 2.02. The van der Waals surface area contributed by atoms with Crippen LogP contribution >= 0.6 is 0 Å². The van der Waals surface area contributed by atoms with Gasteiger partial charge in [0.2, 0.25) is 0 Å². The molecule has 0 aliphatic carbocycles. The lowest BCUT2D eigenvalue weighted by Gasteiger charge is -2.44. The summed E-state index contributed by atoms with van der Waals surface area (Å²) in [5, 5.41) is 7.90. The van der Waals surface area contributed by atoms with Crippen LogP contribution in [0.2, 0.25) is 0 Å². The van der Waals surface area contributed by atoms with E-state index in [1.165, 1.54) is 0 Å². The lowest BCUT2D eigenvalue weighted by Crippen LogP contribution is -2.76. The van der Waals surface area contributed by atoms with Crippen molar-refractivity contribution in [2.24, 2.45) is 0 Å². The first-order valence-corrected chi connectivity index (χ1v) is 8.74. The summed E-state index contributed by atoms with van der Waals surface area (Å²) in [6.45, 7) is -5.13. The van der Waals surface area contributed by atoms with Gasteiger partial charge in [-0.15, -0.1) is 0 Å². The number of ether oxygens (including phenoxy) is 1. The number of alkyl halides is 18. The van der Waals surface area contributed by atoms with Crippen molar-refractivity contribution in [2.45, 2.75) is 67.2 Å². The maximum atomic E-state index is 13.7. The smallest absolute Gasteiger partial charge is 0.385 e. The van der Waals surface area contributed by atoms with Gasteiger partial charge in [-0.1, -0.05) is 6.08 Å². The Balaban J connectivity index is 6.76. The van der Waals surface area contributed by atoms with Gasteiger partial charge in [-0.2, -0.15) is 79.0 Å². The number of rotatable bonds is 12. The monoisotopic (exact) mass is 594 g/mol. The second kappa shape index (κ2) is 9.58. The zero-order valence-corrected chi connectivity index (χ0v) is 17.6. The third-order valence-electron chi connectivity index (χ3n) is 4.62. The van der Waals surface area contributed by atoms with Crippen LogP contribution in [0.25, 0.3) is 0 Å². The maximum absolute atomic E-state index is 13.7. The van der Waals surface area contributed by atoms with Crippen molar-refractivity contribution in [1.82, 2.24) is 0 Å². The van der Waals surface area contributed by atoms with Crippen molar-refractivity contribution < 1.29 is 93.7 Å². The number of aliphatic hydroxyl groups excluding tert-OH is 1. The van der Waals surface area contributed by atoms with Crippen molar-refractivity contribution >= 4 is 5.97 Å². The summed E-state index contributed by atoms with van der Waals surface area (Å²) < 4.78 is 245. The van der Waals surface area contributed by atoms with E-state index in [-0.39, 0.29) is 0 Å². The molecule has 21 heteroatoms. The molecular weight excluding hydrogens is 582 g/mol. The molecule has 0 fully saturated rings. The molecule has 0 aromatic rings. The molecule has 37 heavy (non-hydrogen) atoms. The number of halogens is 18. The van der Waals surface area contributed by atoms with Crippen molar-refractivity contribution in [3.63, 3.8) is 0 Å². The van der Waals surface area contributed by atoms with Crippen molar-refractivity contribution in [3.05, 3.63) is 11.6 Å². The van der Waals surface area contributed by atoms with Crippen LogP contribution in [0.1, 0.15) is 13.8 Å². The lowest BCUT2D eigenvalue weighted by atomic mass is 9.86. The van der Waals surface area contributed by atoms with Crippen LogP contribution in [0.3, 0.4) is 0 Å². The van der Waals surface area contributed by atoms with Crippen molar-refractivity contribution in [2.75, 3.05) is 13.2 Å². The van der Waals surface area contributed by atoms with Gasteiger partial charge in [-0.05, 0) is 13.8 Å². The molecule has 0 radical (unpaired) electrons. The average Bonchev–Trinajstić information content (AvgIpc) is 2.75. The third kappa shape index (κ3) is 4.79. The molecule has 0 saturated heterocycles. The molecule has 0 bridgehead atoms. The van der Waals surface area contributed by atoms with E-state index in [0.29, 0.717) is 0 Å². The Bertz CT molecular complexity index is 876. The molecule has 0 unspecified atom stereocenters. The van der Waals surface area contributed by atoms with Gasteiger partial charge in [-0.25, -0.2) is 4.79 Å². The quantitative estimate of drug-likeness (QED) is 0.166. The molecule has 0 aliphatic heterocycles. The summed E-state index contributed by atoms with van der Waals surface area (Å²) in [5.41, 5.74) is -0.703. The summed E-state index contributed by atoms with van der Waals surface area (Å²) in [5.74, 6) is -75.2. The van der Waals surface area contributed by atoms with Crippen LogP contribution in [0.5, 0.6) is 0 Å². The van der Waals surface area contributed by atoms with Gasteiger partial charge in [0.05, 0.1) is 0 Å². The minimum atomic E-state index is -8.90. The largest absolute Gasteiger partial charge is 0.456 e. The van der Waals surface area contributed by atoms with E-state index < -0.39 is 78.1 Å². The van der Waals surface area contributed by atoms with E-state index in [9.17, 15) is 83.8 Å². The predicted octanol–water partition coefficient (Wildman–Crippen LogP) is 6.21. The van der Waals surface area contributed by atoms with Gasteiger partial charge in [0, 0.05) is 5.57 Å². The molecule has 0 amide bonds. The van der Waals surface area contributed by atoms with Gasteiger partial charge < -0.3 is 9.84 Å². The summed E-state index contributed by atoms with van der Waals surface area (Å²) >= 11 is 0. The minimum Gasteiger partial charge on any atom is -0.456 e. The molecule has 0 atom stereocenters. The van der Waals surface area contributed by atoms with Gasteiger partial charge in [-0.3, -0.25) is 0 Å². The first-order chi connectivity index (χ1) is 15.9. The van der Waals surface area contributed by atoms with Crippen LogP contribution in [0, 0.1) is 0 Å². The zero-order chi connectivity index (χ0) is 30.5. The number of aliphatic hydroxyl groups is 1. The van der Waals surface area contributed by atoms with Crippen molar-refractivity contribution in [1.29, 1.82) is 0 Å². The van der Waals surface area contributed by atoms with E-state index in [1.807, 2.05) is 0 Å². The van der Waals surface area contributed by atoms with E-state index in [0.717, 1.165) is 19.9 Å². The zero-order valence-electron chi connectivity index (χ0n) is 17.6. The lowest BCUT2D eigenvalue weighted by molar-refractivity contribution is -0.463. The van der Waals surface area contributed by atoms with Crippen LogP contribution in [-0.4, -0.2) is 77.6 Å². The highest BCUT2D eigenvalue weighted by molar-refractivity contribution is 5.87. The van der Waals surface area contributed by atoms with E-state index >= 15 is 0 Å². The van der Waals surface area contributed by atoms with Gasteiger partial charge >= 0.3 is 59.3 Å². The number of allylic oxidation sites excluding steroid dienone is 1. The molecule has 220 valence electrons. The number of esters is 1. The number of hydrogen-bond donors (Lipinski definition) is 1. The second-order valence-electron chi connectivity index (χ2n) is 7.14. The number of carbonyl (C=O) groups is 1. The van der Waals surface area contributed by atoms with Crippen molar-refractivity contribution in [3.8, 4) is 0 Å². The topological polar surface area (TPSA) is 46.5 Å². The fourth-order valence-electron chi connectivity index (χ4n) is 2.02. The minimum absolute atomic E-state index is 0.703. The van der Waals surface area contributed by atoms with E-state index in [4.69, 9.17) is 5.11 Å². The Morgan fingerprint density at radius 3 is 1.14 bits per heavy atom. The predicted molar refractivity (Wildman–Crippen MR) is 82.0 cm³/mol. The first-order valence-electron chi connectivity index (χ1n) is 8.74. The average molecular weight is 594 g/mol. The maximum Gasteiger partial charge on any atom is 0.385 e. The Hall–Kier alpha value is -2.09. The summed E-state index contributed by atoms with van der Waals surface area (Å²) in [7, 11) is 0. The van der Waals surface area contributed by atoms with Crippen LogP contribution in [-0.2, 0) is 9.53 Å². The first kappa shape index (κ1) is 34.9. The number of hydrogen-bond acceptors (Lipinski definition) is 3. The standard InChI is InChI=1S/C16H12F18O3/c1-3-6(2)7(36)37-5-9(19,20)11(23,24)13(27,28)15(31,32)16(33,34)14(29,30)12(25,26)10(21,22)8(17,18)4-35/h3,35H,4-5H2,1-2H3. The molecule has 3 nitrogen and oxygen atoms in total. The number of carbonyl (C=O) groups excluding carboxylic acids is 1. The van der Waals surface area contributed by atoms with E-state index in [2.05, 4.69) is 4.74 Å². The van der Waals surface area contributed by atoms with E-state index in [1.54, 1.807) is 0 Å². The highest BCUT2D eigenvalue weighted by Gasteiger charge is 2.96. The molecule has 0 aromatic heterocycles. The summed E-state index contributed by atoms with van der Waals surface area (Å²) in [6, 6.07) is 0. The third-order valence-corrected chi connectivity index (χ3v) is 4.62. The molecule has 0 spiro atoms. The molecule has 0 saturated carbocycles. The normalized spacial score (nSPS) is 16.2. The Morgan fingerprint density at radius 2 is 0.865 bits per heavy atom. The molecular formula is C16H12F18O3. The Labute approximate surface area is 193 Å². The fraction of sp³-hybridized carbons (Fsp3) is 0.812. The molecule has 1 N–H and O–H groups in total. The molecule has 0 rings (SSSR count). The highest BCUT2D eigenvalue weighted by atomic mass is 19.4. The highest BCUT2D eigenvalue weighted by Crippen LogP contribution is 2.65. The van der Waals surface area contributed by atoms with Crippen LogP contribution in [0.4, 0.5) is 79.0 Å². The summed E-state index contributed by atoms with van der Waals surface area (Å²) in [6.07, 6.45) is 0.736. The SMILES string of the molecule is CC=C(C)C(=O)OCC(F)(F)C(F)(F)C(F)(F)C(F)(F)C(F)(F)C(F)(F)C(F)(F)C(F)(F)C(F)(F)CO. The Kier molecular flexibility index (Phi) is 9.04. The van der Waals surface area contributed by atoms with Crippen LogP contribution in [0.15, 0.2) is 11.6 Å².